The fraction of sp³-hybridized carbons (Fsp3) is 0.200. The summed E-state index contributed by atoms with van der Waals surface area (Å²) in [6.07, 6.45) is 2.04. The van der Waals surface area contributed by atoms with Gasteiger partial charge in [0.2, 0.25) is 0 Å². The van der Waals surface area contributed by atoms with Crippen molar-refractivity contribution in [3.63, 3.8) is 0 Å². The number of nitriles is 2. The monoisotopic (exact) mass is 250 g/mol. The van der Waals surface area contributed by atoms with Crippen LogP contribution in [0.15, 0.2) is 36.5 Å². The Balaban J connectivity index is 2.13. The van der Waals surface area contributed by atoms with Crippen molar-refractivity contribution in [2.75, 3.05) is 5.32 Å². The van der Waals surface area contributed by atoms with Gasteiger partial charge in [0.05, 0.1) is 17.7 Å². The van der Waals surface area contributed by atoms with E-state index in [1.165, 1.54) is 5.69 Å². The Bertz CT molecular complexity index is 656. The van der Waals surface area contributed by atoms with Crippen LogP contribution in [-0.4, -0.2) is 4.57 Å². The zero-order valence-corrected chi connectivity index (χ0v) is 10.7. The smallest absolute Gasteiger partial charge is 0.101 e. The van der Waals surface area contributed by atoms with E-state index in [0.29, 0.717) is 17.7 Å². The van der Waals surface area contributed by atoms with Crippen molar-refractivity contribution < 1.29 is 0 Å². The Morgan fingerprint density at radius 2 is 1.95 bits per heavy atom. The third kappa shape index (κ3) is 2.75. The Kier molecular flexibility index (Phi) is 3.85. The molecular formula is C15H14N4. The third-order valence-electron chi connectivity index (χ3n) is 3.00. The van der Waals surface area contributed by atoms with Crippen LogP contribution in [-0.2, 0) is 13.1 Å². The molecule has 0 fully saturated rings. The number of aryl methyl sites for hydroxylation is 1. The van der Waals surface area contributed by atoms with Gasteiger partial charge in [0.1, 0.15) is 12.1 Å². The molecule has 1 aromatic carbocycles. The van der Waals surface area contributed by atoms with Crippen LogP contribution in [0.1, 0.15) is 23.7 Å². The molecule has 0 spiro atoms. The van der Waals surface area contributed by atoms with Gasteiger partial charge in [0, 0.05) is 24.1 Å². The predicted molar refractivity (Wildman–Crippen MR) is 73.3 cm³/mol. The van der Waals surface area contributed by atoms with E-state index in [4.69, 9.17) is 10.5 Å². The van der Waals surface area contributed by atoms with E-state index < -0.39 is 0 Å². The Morgan fingerprint density at radius 3 is 2.63 bits per heavy atom. The summed E-state index contributed by atoms with van der Waals surface area (Å²) in [5.74, 6) is 0. The highest BCUT2D eigenvalue weighted by Crippen LogP contribution is 2.15. The number of anilines is 1. The van der Waals surface area contributed by atoms with Crippen LogP contribution in [0.5, 0.6) is 0 Å². The predicted octanol–water partition coefficient (Wildman–Crippen LogP) is 2.86. The Morgan fingerprint density at radius 1 is 1.16 bits per heavy atom. The summed E-state index contributed by atoms with van der Waals surface area (Å²) in [7, 11) is 0. The van der Waals surface area contributed by atoms with E-state index >= 15 is 0 Å². The highest BCUT2D eigenvalue weighted by molar-refractivity contribution is 5.56. The molecule has 0 saturated heterocycles. The SMILES string of the molecule is CCn1cccc1CNc1ccc(C#N)c(C#N)c1. The fourth-order valence-corrected chi connectivity index (χ4v) is 1.96. The molecule has 94 valence electrons. The van der Waals surface area contributed by atoms with Crippen molar-refractivity contribution in [3.05, 3.63) is 53.3 Å². The van der Waals surface area contributed by atoms with Gasteiger partial charge in [0.25, 0.3) is 0 Å². The normalized spacial score (nSPS) is 9.63. The summed E-state index contributed by atoms with van der Waals surface area (Å²) in [4.78, 5) is 0. The average Bonchev–Trinajstić information content (AvgIpc) is 2.92. The van der Waals surface area contributed by atoms with Crippen LogP contribution in [0.25, 0.3) is 0 Å². The Labute approximate surface area is 112 Å². The van der Waals surface area contributed by atoms with E-state index in [-0.39, 0.29) is 0 Å². The van der Waals surface area contributed by atoms with Crippen LogP contribution in [0.3, 0.4) is 0 Å². The zero-order chi connectivity index (χ0) is 13.7. The molecule has 0 aliphatic rings. The summed E-state index contributed by atoms with van der Waals surface area (Å²) in [5, 5.41) is 21.1. The third-order valence-corrected chi connectivity index (χ3v) is 3.00. The highest BCUT2D eigenvalue weighted by atomic mass is 15.0. The summed E-state index contributed by atoms with van der Waals surface area (Å²) < 4.78 is 2.15. The largest absolute Gasteiger partial charge is 0.379 e. The van der Waals surface area contributed by atoms with Crippen molar-refractivity contribution >= 4 is 5.69 Å². The first-order chi connectivity index (χ1) is 9.28. The lowest BCUT2D eigenvalue weighted by Crippen LogP contribution is -2.06. The number of aromatic nitrogens is 1. The van der Waals surface area contributed by atoms with Crippen LogP contribution < -0.4 is 5.32 Å². The standard InChI is InChI=1S/C15H14N4/c1-2-19-7-3-4-15(19)11-18-14-6-5-12(9-16)13(8-14)10-17/h3-8,18H,2,11H2,1H3. The first kappa shape index (κ1) is 12.7. The highest BCUT2D eigenvalue weighted by Gasteiger charge is 2.03. The van der Waals surface area contributed by atoms with E-state index in [9.17, 15) is 0 Å². The second kappa shape index (κ2) is 5.75. The summed E-state index contributed by atoms with van der Waals surface area (Å²) >= 11 is 0. The second-order valence-electron chi connectivity index (χ2n) is 4.12. The molecule has 4 nitrogen and oxygen atoms in total. The summed E-state index contributed by atoms with van der Waals surface area (Å²) in [6, 6.07) is 13.3. The molecule has 0 atom stereocenters. The lowest BCUT2D eigenvalue weighted by Gasteiger charge is -2.09. The number of nitrogens with zero attached hydrogens (tertiary/aromatic N) is 3. The minimum absolute atomic E-state index is 0.401. The molecule has 0 bridgehead atoms. The van der Waals surface area contributed by atoms with E-state index in [1.54, 1.807) is 12.1 Å². The molecule has 1 heterocycles. The van der Waals surface area contributed by atoms with Crippen molar-refractivity contribution in [1.82, 2.24) is 4.57 Å². The molecule has 0 amide bonds. The zero-order valence-electron chi connectivity index (χ0n) is 10.7. The van der Waals surface area contributed by atoms with Crippen LogP contribution in [0.2, 0.25) is 0 Å². The van der Waals surface area contributed by atoms with E-state index in [1.807, 2.05) is 30.5 Å². The molecule has 4 heteroatoms. The lowest BCUT2D eigenvalue weighted by molar-refractivity contribution is 0.724. The van der Waals surface area contributed by atoms with Gasteiger partial charge in [-0.15, -0.1) is 0 Å². The lowest BCUT2D eigenvalue weighted by atomic mass is 10.1. The molecule has 19 heavy (non-hydrogen) atoms. The van der Waals surface area contributed by atoms with Crippen molar-refractivity contribution in [1.29, 1.82) is 10.5 Å². The minimum atomic E-state index is 0.401. The van der Waals surface area contributed by atoms with Gasteiger partial charge < -0.3 is 9.88 Å². The number of hydrogen-bond acceptors (Lipinski definition) is 3. The van der Waals surface area contributed by atoms with Gasteiger partial charge in [-0.1, -0.05) is 0 Å². The second-order valence-corrected chi connectivity index (χ2v) is 4.12. The fourth-order valence-electron chi connectivity index (χ4n) is 1.96. The maximum atomic E-state index is 8.98. The van der Waals surface area contributed by atoms with E-state index in [2.05, 4.69) is 22.9 Å². The van der Waals surface area contributed by atoms with Gasteiger partial charge in [0.15, 0.2) is 0 Å². The molecule has 1 aromatic heterocycles. The van der Waals surface area contributed by atoms with Crippen molar-refractivity contribution in [2.45, 2.75) is 20.0 Å². The molecule has 2 rings (SSSR count). The molecule has 0 aliphatic heterocycles. The minimum Gasteiger partial charge on any atom is -0.379 e. The molecule has 0 radical (unpaired) electrons. The molecule has 0 aliphatic carbocycles. The molecule has 2 aromatic rings. The summed E-state index contributed by atoms with van der Waals surface area (Å²) in [5.41, 5.74) is 2.84. The van der Waals surface area contributed by atoms with Crippen LogP contribution in [0.4, 0.5) is 5.69 Å². The van der Waals surface area contributed by atoms with Gasteiger partial charge in [-0.3, -0.25) is 0 Å². The first-order valence-corrected chi connectivity index (χ1v) is 6.10. The maximum Gasteiger partial charge on any atom is 0.101 e. The quantitative estimate of drug-likeness (QED) is 0.907. The first-order valence-electron chi connectivity index (χ1n) is 6.10. The van der Waals surface area contributed by atoms with Crippen LogP contribution >= 0.6 is 0 Å². The van der Waals surface area contributed by atoms with Gasteiger partial charge in [-0.25, -0.2) is 0 Å². The number of nitrogens with one attached hydrogen (secondary N) is 1. The van der Waals surface area contributed by atoms with Gasteiger partial charge in [-0.2, -0.15) is 10.5 Å². The average molecular weight is 250 g/mol. The number of hydrogen-bond donors (Lipinski definition) is 1. The molecule has 0 unspecified atom stereocenters. The maximum absolute atomic E-state index is 8.98. The molecule has 0 saturated carbocycles. The number of benzene rings is 1. The molecular weight excluding hydrogens is 236 g/mol. The topological polar surface area (TPSA) is 64.5 Å². The molecule has 1 N–H and O–H groups in total. The van der Waals surface area contributed by atoms with Crippen LogP contribution in [0, 0.1) is 22.7 Å². The van der Waals surface area contributed by atoms with Gasteiger partial charge >= 0.3 is 0 Å². The van der Waals surface area contributed by atoms with E-state index in [0.717, 1.165) is 12.2 Å². The van der Waals surface area contributed by atoms with Crippen molar-refractivity contribution in [3.8, 4) is 12.1 Å². The summed E-state index contributed by atoms with van der Waals surface area (Å²) in [6.45, 7) is 3.72. The van der Waals surface area contributed by atoms with Gasteiger partial charge in [-0.05, 0) is 37.3 Å². The Hall–Kier alpha value is -2.72. The number of rotatable bonds is 4. The van der Waals surface area contributed by atoms with Crippen molar-refractivity contribution in [2.24, 2.45) is 0 Å².